The van der Waals surface area contributed by atoms with Gasteiger partial charge in [0.05, 0.1) is 18.8 Å². The number of fused-ring (bicyclic) bond motifs is 4. The lowest BCUT2D eigenvalue weighted by Crippen LogP contribution is -2.54. The van der Waals surface area contributed by atoms with Crippen LogP contribution in [-0.2, 0) is 4.74 Å². The van der Waals surface area contributed by atoms with Crippen molar-refractivity contribution in [1.82, 2.24) is 0 Å². The molecule has 0 unspecified atom stereocenters. The maximum absolute atomic E-state index is 10.7. The molecule has 2 fully saturated rings. The minimum atomic E-state index is -0.148. The average molecular weight is 417 g/mol. The van der Waals surface area contributed by atoms with Gasteiger partial charge < -0.3 is 9.84 Å². The van der Waals surface area contributed by atoms with Crippen molar-refractivity contribution in [1.29, 1.82) is 0 Å². The molecule has 4 aliphatic rings. The molecule has 2 heteroatoms. The molecule has 0 aromatic carbocycles. The van der Waals surface area contributed by atoms with Gasteiger partial charge in [-0.3, -0.25) is 0 Å². The van der Waals surface area contributed by atoms with E-state index in [2.05, 4.69) is 48.5 Å². The second kappa shape index (κ2) is 7.91. The van der Waals surface area contributed by atoms with Crippen molar-refractivity contribution < 1.29 is 9.84 Å². The predicted octanol–water partition coefficient (Wildman–Crippen LogP) is 7.16. The highest BCUT2D eigenvalue weighted by Gasteiger charge is 2.59. The Morgan fingerprint density at radius 3 is 2.43 bits per heavy atom. The Hall–Kier alpha value is -0.340. The zero-order valence-electron chi connectivity index (χ0n) is 20.9. The van der Waals surface area contributed by atoms with Crippen molar-refractivity contribution in [2.45, 2.75) is 118 Å². The standard InChI is InChI=1S/C28H48O2/c1-18(2)9-8-10-19(3)22-17-30-25-20-11-12-23-26(4,5)24(29)14-16-27(23,6)21(20)13-15-28(22,25)7/h18-19,22-25,29H,8-17H2,1-7H3/t19-,22-,23+,24+,25-,27-,28-/m1/s1. The third kappa shape index (κ3) is 3.43. The van der Waals surface area contributed by atoms with Crippen molar-refractivity contribution in [2.24, 2.45) is 39.9 Å². The second-order valence-corrected chi connectivity index (χ2v) is 13.0. The van der Waals surface area contributed by atoms with E-state index in [9.17, 15) is 5.11 Å². The van der Waals surface area contributed by atoms with Crippen LogP contribution >= 0.6 is 0 Å². The number of hydrogen-bond donors (Lipinski definition) is 1. The number of rotatable bonds is 5. The fraction of sp³-hybridized carbons (Fsp3) is 0.929. The lowest BCUT2D eigenvalue weighted by atomic mass is 9.46. The first kappa shape index (κ1) is 22.8. The highest BCUT2D eigenvalue weighted by Crippen LogP contribution is 2.65. The van der Waals surface area contributed by atoms with E-state index in [1.165, 1.54) is 44.9 Å². The quantitative estimate of drug-likeness (QED) is 0.482. The Bertz CT molecular complexity index is 676. The largest absolute Gasteiger partial charge is 0.393 e. The molecule has 1 heterocycles. The van der Waals surface area contributed by atoms with E-state index in [0.717, 1.165) is 31.3 Å². The van der Waals surface area contributed by atoms with Crippen LogP contribution in [0.3, 0.4) is 0 Å². The first-order valence-electron chi connectivity index (χ1n) is 13.0. The van der Waals surface area contributed by atoms with Gasteiger partial charge in [-0.05, 0) is 78.6 Å². The molecule has 0 aromatic heterocycles. The number of aliphatic hydroxyl groups is 1. The molecule has 30 heavy (non-hydrogen) atoms. The van der Waals surface area contributed by atoms with Gasteiger partial charge in [0.15, 0.2) is 0 Å². The molecule has 1 saturated carbocycles. The van der Waals surface area contributed by atoms with Crippen LogP contribution in [0.4, 0.5) is 0 Å². The van der Waals surface area contributed by atoms with Crippen molar-refractivity contribution in [3.05, 3.63) is 11.1 Å². The zero-order valence-corrected chi connectivity index (χ0v) is 20.9. The topological polar surface area (TPSA) is 29.5 Å². The summed E-state index contributed by atoms with van der Waals surface area (Å²) in [6.07, 6.45) is 11.4. The number of aliphatic hydroxyl groups excluding tert-OH is 1. The van der Waals surface area contributed by atoms with E-state index in [1.807, 2.05) is 0 Å². The van der Waals surface area contributed by atoms with Gasteiger partial charge in [-0.25, -0.2) is 0 Å². The van der Waals surface area contributed by atoms with Crippen molar-refractivity contribution >= 4 is 0 Å². The molecule has 172 valence electrons. The van der Waals surface area contributed by atoms with Crippen molar-refractivity contribution in [3.8, 4) is 0 Å². The van der Waals surface area contributed by atoms with Gasteiger partial charge in [-0.15, -0.1) is 0 Å². The monoisotopic (exact) mass is 416 g/mol. The first-order chi connectivity index (χ1) is 14.0. The minimum absolute atomic E-state index is 0.0241. The van der Waals surface area contributed by atoms with E-state index in [0.29, 0.717) is 23.4 Å². The fourth-order valence-electron chi connectivity index (χ4n) is 8.49. The summed E-state index contributed by atoms with van der Waals surface area (Å²) in [5.41, 5.74) is 4.04. The number of hydrogen-bond acceptors (Lipinski definition) is 2. The smallest absolute Gasteiger partial charge is 0.0845 e. The van der Waals surface area contributed by atoms with Crippen LogP contribution in [0, 0.1) is 39.9 Å². The Labute approximate surface area is 186 Å². The molecular formula is C28H48O2. The molecule has 1 saturated heterocycles. The predicted molar refractivity (Wildman–Crippen MR) is 125 cm³/mol. The van der Waals surface area contributed by atoms with Crippen molar-refractivity contribution in [2.75, 3.05) is 6.61 Å². The summed E-state index contributed by atoms with van der Waals surface area (Å²) in [7, 11) is 0. The second-order valence-electron chi connectivity index (χ2n) is 13.0. The summed E-state index contributed by atoms with van der Waals surface area (Å²) in [5.74, 6) is 2.89. The van der Waals surface area contributed by atoms with E-state index in [1.54, 1.807) is 11.1 Å². The van der Waals surface area contributed by atoms with Crippen LogP contribution < -0.4 is 0 Å². The van der Waals surface area contributed by atoms with Gasteiger partial charge in [0.1, 0.15) is 0 Å². The molecule has 0 radical (unpaired) electrons. The normalized spacial score (nSPS) is 43.9. The van der Waals surface area contributed by atoms with Gasteiger partial charge in [0.25, 0.3) is 0 Å². The maximum Gasteiger partial charge on any atom is 0.0845 e. The van der Waals surface area contributed by atoms with Crippen LogP contribution in [0.5, 0.6) is 0 Å². The summed E-state index contributed by atoms with van der Waals surface area (Å²) in [6, 6.07) is 0. The summed E-state index contributed by atoms with van der Waals surface area (Å²) < 4.78 is 6.68. The third-order valence-electron chi connectivity index (χ3n) is 10.5. The number of ether oxygens (including phenoxy) is 1. The molecule has 2 nitrogen and oxygen atoms in total. The fourth-order valence-corrected chi connectivity index (χ4v) is 8.49. The van der Waals surface area contributed by atoms with Gasteiger partial charge in [0.2, 0.25) is 0 Å². The third-order valence-corrected chi connectivity index (χ3v) is 10.5. The highest BCUT2D eigenvalue weighted by atomic mass is 16.5. The molecule has 1 N–H and O–H groups in total. The van der Waals surface area contributed by atoms with Gasteiger partial charge >= 0.3 is 0 Å². The summed E-state index contributed by atoms with van der Waals surface area (Å²) in [4.78, 5) is 0. The van der Waals surface area contributed by atoms with E-state index in [-0.39, 0.29) is 16.9 Å². The van der Waals surface area contributed by atoms with E-state index < -0.39 is 0 Å². The van der Waals surface area contributed by atoms with E-state index >= 15 is 0 Å². The molecule has 3 aliphatic carbocycles. The first-order valence-corrected chi connectivity index (χ1v) is 13.0. The molecule has 0 bridgehead atoms. The molecule has 7 atom stereocenters. The Balaban J connectivity index is 1.57. The van der Waals surface area contributed by atoms with Crippen LogP contribution in [0.25, 0.3) is 0 Å². The maximum atomic E-state index is 10.7. The van der Waals surface area contributed by atoms with E-state index in [4.69, 9.17) is 4.74 Å². The van der Waals surface area contributed by atoms with Gasteiger partial charge in [-0.1, -0.05) is 73.3 Å². The number of allylic oxidation sites excluding steroid dienone is 1. The lowest BCUT2D eigenvalue weighted by molar-refractivity contribution is -0.0945. The summed E-state index contributed by atoms with van der Waals surface area (Å²) >= 11 is 0. The molecule has 0 aromatic rings. The van der Waals surface area contributed by atoms with Crippen LogP contribution in [-0.4, -0.2) is 23.9 Å². The van der Waals surface area contributed by atoms with Crippen LogP contribution in [0.1, 0.15) is 106 Å². The molecule has 0 amide bonds. The Morgan fingerprint density at radius 2 is 1.73 bits per heavy atom. The van der Waals surface area contributed by atoms with Gasteiger partial charge in [0, 0.05) is 5.41 Å². The SMILES string of the molecule is CC(C)CCC[C@@H](C)[C@H]1CO[C@@H]2C3=C(CC[C@@]21C)[C@@]1(C)CC[C@H](O)C(C)(C)[C@@H]1CC3. The molecule has 4 rings (SSSR count). The van der Waals surface area contributed by atoms with Crippen LogP contribution in [0.15, 0.2) is 11.1 Å². The highest BCUT2D eigenvalue weighted by molar-refractivity contribution is 5.36. The average Bonchev–Trinajstić information content (AvgIpc) is 3.02. The Morgan fingerprint density at radius 1 is 1.00 bits per heavy atom. The molecule has 1 aliphatic heterocycles. The minimum Gasteiger partial charge on any atom is -0.393 e. The van der Waals surface area contributed by atoms with Crippen molar-refractivity contribution in [3.63, 3.8) is 0 Å². The Kier molecular flexibility index (Phi) is 6.02. The van der Waals surface area contributed by atoms with Crippen LogP contribution in [0.2, 0.25) is 0 Å². The van der Waals surface area contributed by atoms with Gasteiger partial charge in [-0.2, -0.15) is 0 Å². The molecular weight excluding hydrogens is 368 g/mol. The summed E-state index contributed by atoms with van der Waals surface area (Å²) in [6.45, 7) is 17.9. The molecule has 0 spiro atoms. The zero-order chi connectivity index (χ0) is 21.9. The lowest BCUT2D eigenvalue weighted by Gasteiger charge is -2.59. The summed E-state index contributed by atoms with van der Waals surface area (Å²) in [5, 5.41) is 10.7.